The Labute approximate surface area is 144 Å². The van der Waals surface area contributed by atoms with E-state index in [-0.39, 0.29) is 16.3 Å². The number of fused-ring (bicyclic) bond motifs is 2. The van der Waals surface area contributed by atoms with Gasteiger partial charge in [0, 0.05) is 36.9 Å². The van der Waals surface area contributed by atoms with Crippen LogP contribution < -0.4 is 0 Å². The lowest BCUT2D eigenvalue weighted by molar-refractivity contribution is 0.222. The van der Waals surface area contributed by atoms with E-state index in [0.717, 1.165) is 25.7 Å². The molecule has 0 saturated carbocycles. The van der Waals surface area contributed by atoms with Crippen LogP contribution in [-0.2, 0) is 17.1 Å². The molecule has 2 bridgehead atoms. The van der Waals surface area contributed by atoms with E-state index in [9.17, 15) is 8.42 Å². The summed E-state index contributed by atoms with van der Waals surface area (Å²) in [5, 5.41) is 6.32. The molecule has 0 N–H and O–H groups in total. The van der Waals surface area contributed by atoms with Crippen LogP contribution in [0.4, 0.5) is 0 Å². The van der Waals surface area contributed by atoms with Gasteiger partial charge in [-0.25, -0.2) is 8.42 Å². The number of thiophene rings is 1. The van der Waals surface area contributed by atoms with Crippen molar-refractivity contribution in [3.63, 3.8) is 0 Å². The van der Waals surface area contributed by atoms with Gasteiger partial charge in [0.15, 0.2) is 4.21 Å². The van der Waals surface area contributed by atoms with Crippen LogP contribution in [0.15, 0.2) is 27.9 Å². The van der Waals surface area contributed by atoms with Crippen LogP contribution in [0, 0.1) is 0 Å². The molecular formula is C15H18ClN3O2S2. The van der Waals surface area contributed by atoms with Gasteiger partial charge in [-0.1, -0.05) is 11.6 Å². The topological polar surface area (TPSA) is 55.2 Å². The third-order valence-electron chi connectivity index (χ3n) is 5.04. The lowest BCUT2D eigenvalue weighted by atomic mass is 9.89. The monoisotopic (exact) mass is 371 g/mol. The number of hydrogen-bond acceptors (Lipinski definition) is 4. The van der Waals surface area contributed by atoms with E-state index < -0.39 is 10.0 Å². The zero-order chi connectivity index (χ0) is 16.2. The average Bonchev–Trinajstić information content (AvgIpc) is 3.18. The van der Waals surface area contributed by atoms with E-state index in [2.05, 4.69) is 5.10 Å². The maximum Gasteiger partial charge on any atom is 0.254 e. The molecule has 2 aliphatic rings. The fraction of sp³-hybridized carbons (Fsp3) is 0.533. The second-order valence-electron chi connectivity index (χ2n) is 6.32. The highest BCUT2D eigenvalue weighted by atomic mass is 35.5. The van der Waals surface area contributed by atoms with Crippen molar-refractivity contribution in [1.29, 1.82) is 0 Å². The molecule has 0 radical (unpaired) electrons. The van der Waals surface area contributed by atoms with Gasteiger partial charge in [0.2, 0.25) is 0 Å². The molecule has 0 aromatic carbocycles. The zero-order valence-corrected chi connectivity index (χ0v) is 15.1. The highest BCUT2D eigenvalue weighted by Crippen LogP contribution is 2.46. The predicted molar refractivity (Wildman–Crippen MR) is 90.3 cm³/mol. The summed E-state index contributed by atoms with van der Waals surface area (Å²) < 4.78 is 30.0. The Bertz CT molecular complexity index is 815. The van der Waals surface area contributed by atoms with E-state index in [4.69, 9.17) is 11.6 Å². The van der Waals surface area contributed by atoms with Crippen LogP contribution in [0.5, 0.6) is 0 Å². The Morgan fingerprint density at radius 3 is 2.48 bits per heavy atom. The van der Waals surface area contributed by atoms with Crippen LogP contribution in [-0.4, -0.2) is 34.6 Å². The third kappa shape index (κ3) is 2.45. The summed E-state index contributed by atoms with van der Waals surface area (Å²) in [6.45, 7) is 0. The van der Waals surface area contributed by atoms with E-state index in [0.29, 0.717) is 10.9 Å². The quantitative estimate of drug-likeness (QED) is 0.832. The fourth-order valence-corrected chi connectivity index (χ4v) is 7.77. The second kappa shape index (κ2) is 5.58. The van der Waals surface area contributed by atoms with Crippen molar-refractivity contribution < 1.29 is 8.42 Å². The van der Waals surface area contributed by atoms with Crippen molar-refractivity contribution in [2.75, 3.05) is 0 Å². The number of piperidine rings is 1. The zero-order valence-electron chi connectivity index (χ0n) is 12.7. The Morgan fingerprint density at radius 2 is 1.96 bits per heavy atom. The Kier molecular flexibility index (Phi) is 3.79. The SMILES string of the molecule is Cn1nccc1C1CC2CCC(C1)N2S(=O)(=O)c1sccc1Cl. The molecule has 2 aliphatic heterocycles. The van der Waals surface area contributed by atoms with Crippen molar-refractivity contribution in [3.05, 3.63) is 34.4 Å². The number of aromatic nitrogens is 2. The van der Waals surface area contributed by atoms with Gasteiger partial charge in [-0.05, 0) is 43.2 Å². The van der Waals surface area contributed by atoms with Gasteiger partial charge in [-0.15, -0.1) is 11.3 Å². The average molecular weight is 372 g/mol. The summed E-state index contributed by atoms with van der Waals surface area (Å²) >= 11 is 7.29. The largest absolute Gasteiger partial charge is 0.272 e. The summed E-state index contributed by atoms with van der Waals surface area (Å²) in [7, 11) is -1.54. The van der Waals surface area contributed by atoms with Gasteiger partial charge in [-0.3, -0.25) is 4.68 Å². The Balaban J connectivity index is 1.65. The molecule has 2 aromatic heterocycles. The lowest BCUT2D eigenvalue weighted by Gasteiger charge is -2.37. The molecule has 5 nitrogen and oxygen atoms in total. The molecule has 4 heterocycles. The van der Waals surface area contributed by atoms with Gasteiger partial charge in [0.05, 0.1) is 5.02 Å². The fourth-order valence-electron chi connectivity index (χ4n) is 4.11. The minimum Gasteiger partial charge on any atom is -0.272 e. The van der Waals surface area contributed by atoms with Gasteiger partial charge in [-0.2, -0.15) is 9.40 Å². The number of rotatable bonds is 3. The summed E-state index contributed by atoms with van der Waals surface area (Å²) in [6.07, 6.45) is 5.39. The van der Waals surface area contributed by atoms with E-state index in [1.54, 1.807) is 15.8 Å². The smallest absolute Gasteiger partial charge is 0.254 e. The minimum atomic E-state index is -3.49. The maximum atomic E-state index is 13.0. The first kappa shape index (κ1) is 15.6. The Hall–Kier alpha value is -0.890. The number of sulfonamides is 1. The molecule has 0 aliphatic carbocycles. The molecule has 2 saturated heterocycles. The molecule has 2 unspecified atom stereocenters. The van der Waals surface area contributed by atoms with Crippen LogP contribution in [0.25, 0.3) is 0 Å². The standard InChI is InChI=1S/C15H18ClN3O2S2/c1-18-14(4-6-17-18)10-8-11-2-3-12(9-10)19(11)23(20,21)15-13(16)5-7-22-15/h4-7,10-12H,2-3,8-9H2,1H3. The normalized spacial score (nSPS) is 28.3. The van der Waals surface area contributed by atoms with Gasteiger partial charge in [0.25, 0.3) is 10.0 Å². The molecular weight excluding hydrogens is 354 g/mol. The van der Waals surface area contributed by atoms with E-state index >= 15 is 0 Å². The molecule has 23 heavy (non-hydrogen) atoms. The highest BCUT2D eigenvalue weighted by molar-refractivity contribution is 7.91. The molecule has 8 heteroatoms. The van der Waals surface area contributed by atoms with Crippen LogP contribution in [0.2, 0.25) is 5.02 Å². The van der Waals surface area contributed by atoms with Crippen LogP contribution in [0.1, 0.15) is 37.3 Å². The summed E-state index contributed by atoms with van der Waals surface area (Å²) in [4.78, 5) is 0. The molecule has 4 rings (SSSR count). The van der Waals surface area contributed by atoms with Gasteiger partial charge < -0.3 is 0 Å². The number of nitrogens with zero attached hydrogens (tertiary/aromatic N) is 3. The highest BCUT2D eigenvalue weighted by Gasteiger charge is 2.48. The molecule has 2 atom stereocenters. The van der Waals surface area contributed by atoms with Crippen molar-refractivity contribution >= 4 is 33.0 Å². The molecule has 2 fully saturated rings. The summed E-state index contributed by atoms with van der Waals surface area (Å²) in [5.74, 6) is 0.380. The molecule has 0 spiro atoms. The molecule has 124 valence electrons. The number of halogens is 1. The number of aryl methyl sites for hydroxylation is 1. The lowest BCUT2D eigenvalue weighted by Crippen LogP contribution is -2.46. The summed E-state index contributed by atoms with van der Waals surface area (Å²) in [5.41, 5.74) is 1.20. The maximum absolute atomic E-state index is 13.0. The Morgan fingerprint density at radius 1 is 1.26 bits per heavy atom. The minimum absolute atomic E-state index is 0.0665. The summed E-state index contributed by atoms with van der Waals surface area (Å²) in [6, 6.07) is 3.84. The van der Waals surface area contributed by atoms with E-state index in [1.165, 1.54) is 17.0 Å². The first-order chi connectivity index (χ1) is 11.0. The predicted octanol–water partition coefficient (Wildman–Crippen LogP) is 3.23. The van der Waals surface area contributed by atoms with Crippen molar-refractivity contribution in [2.45, 2.75) is 47.9 Å². The molecule has 2 aromatic rings. The first-order valence-electron chi connectivity index (χ1n) is 7.73. The molecule has 0 amide bonds. The van der Waals surface area contributed by atoms with Crippen LogP contribution in [0.3, 0.4) is 0 Å². The van der Waals surface area contributed by atoms with Crippen molar-refractivity contribution in [3.8, 4) is 0 Å². The van der Waals surface area contributed by atoms with Crippen LogP contribution >= 0.6 is 22.9 Å². The second-order valence-corrected chi connectivity index (χ2v) is 9.69. The van der Waals surface area contributed by atoms with Crippen molar-refractivity contribution in [2.24, 2.45) is 7.05 Å². The number of hydrogen-bond donors (Lipinski definition) is 0. The third-order valence-corrected chi connectivity index (χ3v) is 9.05. The van der Waals surface area contributed by atoms with E-state index in [1.807, 2.05) is 24.0 Å². The first-order valence-corrected chi connectivity index (χ1v) is 10.4. The van der Waals surface area contributed by atoms with Gasteiger partial charge >= 0.3 is 0 Å². The van der Waals surface area contributed by atoms with Crippen molar-refractivity contribution in [1.82, 2.24) is 14.1 Å². The van der Waals surface area contributed by atoms with Gasteiger partial charge in [0.1, 0.15) is 0 Å².